The number of fused-ring (bicyclic) bond motifs is 10. The molecule has 0 spiro atoms. The van der Waals surface area contributed by atoms with Gasteiger partial charge in [-0.3, -0.25) is 4.57 Å². The molecule has 4 nitrogen and oxygen atoms in total. The SMILES string of the molecule is c1ccc(-c2nc(-n3c4ccccc4c4c5oc6ccccc6c5ccc43)c3c(n2)[Si](c2ccccc2)(c2ccccc2)c2ccccc2-3)cc1. The summed E-state index contributed by atoms with van der Waals surface area (Å²) in [4.78, 5) is 11.2. The Labute approximate surface area is 294 Å². The van der Waals surface area contributed by atoms with Crippen LogP contribution < -0.4 is 20.9 Å². The Balaban J connectivity index is 1.35. The Hall–Kier alpha value is -6.56. The second kappa shape index (κ2) is 10.7. The Morgan fingerprint density at radius 3 is 1.88 bits per heavy atom. The molecule has 0 saturated heterocycles. The lowest BCUT2D eigenvalue weighted by molar-refractivity contribution is 0.673. The van der Waals surface area contributed by atoms with Gasteiger partial charge in [0.2, 0.25) is 8.07 Å². The summed E-state index contributed by atoms with van der Waals surface area (Å²) in [7, 11) is -2.92. The molecular weight excluding hydrogens is 639 g/mol. The van der Waals surface area contributed by atoms with Gasteiger partial charge >= 0.3 is 0 Å². The number of aromatic nitrogens is 3. The molecule has 51 heavy (non-hydrogen) atoms. The van der Waals surface area contributed by atoms with Gasteiger partial charge in [-0.1, -0.05) is 152 Å². The van der Waals surface area contributed by atoms with Crippen LogP contribution in [0.5, 0.6) is 0 Å². The average Bonchev–Trinajstić information content (AvgIpc) is 3.85. The van der Waals surface area contributed by atoms with Crippen LogP contribution in [-0.2, 0) is 0 Å². The van der Waals surface area contributed by atoms with Crippen molar-refractivity contribution in [1.82, 2.24) is 14.5 Å². The normalized spacial score (nSPS) is 13.3. The lowest BCUT2D eigenvalue weighted by atomic mass is 10.1. The third kappa shape index (κ3) is 3.84. The van der Waals surface area contributed by atoms with E-state index in [1.54, 1.807) is 0 Å². The van der Waals surface area contributed by atoms with E-state index in [9.17, 15) is 0 Å². The van der Waals surface area contributed by atoms with Crippen LogP contribution in [0.2, 0.25) is 0 Å². The zero-order valence-corrected chi connectivity index (χ0v) is 28.5. The van der Waals surface area contributed by atoms with Gasteiger partial charge in [-0.2, -0.15) is 0 Å². The monoisotopic (exact) mass is 667 g/mol. The molecule has 0 amide bonds. The minimum atomic E-state index is -2.92. The van der Waals surface area contributed by atoms with E-state index in [0.717, 1.165) is 71.8 Å². The highest BCUT2D eigenvalue weighted by molar-refractivity contribution is 7.21. The molecule has 0 saturated carbocycles. The number of para-hydroxylation sites is 2. The zero-order valence-electron chi connectivity index (χ0n) is 27.5. The predicted octanol–water partition coefficient (Wildman–Crippen LogP) is 8.50. The Morgan fingerprint density at radius 2 is 1.12 bits per heavy atom. The van der Waals surface area contributed by atoms with Gasteiger partial charge in [-0.05, 0) is 45.4 Å². The first kappa shape index (κ1) is 28.3. The van der Waals surface area contributed by atoms with E-state index in [0.29, 0.717) is 0 Å². The lowest BCUT2D eigenvalue weighted by Crippen LogP contribution is -2.73. The van der Waals surface area contributed by atoms with Crippen LogP contribution in [0.4, 0.5) is 0 Å². The van der Waals surface area contributed by atoms with E-state index in [-0.39, 0.29) is 0 Å². The summed E-state index contributed by atoms with van der Waals surface area (Å²) in [6.45, 7) is 0. The van der Waals surface area contributed by atoms with Gasteiger partial charge in [0, 0.05) is 27.3 Å². The van der Waals surface area contributed by atoms with Crippen molar-refractivity contribution in [2.75, 3.05) is 0 Å². The van der Waals surface area contributed by atoms with Crippen LogP contribution in [0.25, 0.3) is 72.1 Å². The molecule has 0 N–H and O–H groups in total. The Kier molecular flexibility index (Phi) is 5.95. The number of hydrogen-bond acceptors (Lipinski definition) is 3. The molecule has 11 rings (SSSR count). The second-order valence-corrected chi connectivity index (χ2v) is 16.9. The molecule has 7 aromatic carbocycles. The molecule has 10 aromatic rings. The average molecular weight is 668 g/mol. The summed E-state index contributed by atoms with van der Waals surface area (Å²) in [6, 6.07) is 62.9. The molecule has 0 fully saturated rings. The van der Waals surface area contributed by atoms with Crippen LogP contribution in [-0.4, -0.2) is 22.6 Å². The molecular formula is C46H29N3OSi. The number of furan rings is 1. The summed E-state index contributed by atoms with van der Waals surface area (Å²) >= 11 is 0. The van der Waals surface area contributed by atoms with E-state index in [4.69, 9.17) is 14.4 Å². The summed E-state index contributed by atoms with van der Waals surface area (Å²) in [5, 5.41) is 9.51. The fraction of sp³-hybridized carbons (Fsp3) is 0. The van der Waals surface area contributed by atoms with Crippen molar-refractivity contribution in [3.8, 4) is 28.3 Å². The Morgan fingerprint density at radius 1 is 0.490 bits per heavy atom. The summed E-state index contributed by atoms with van der Waals surface area (Å²) in [5.41, 5.74) is 7.20. The molecule has 1 aliphatic heterocycles. The highest BCUT2D eigenvalue weighted by atomic mass is 28.3. The van der Waals surface area contributed by atoms with Gasteiger partial charge in [0.05, 0.1) is 21.7 Å². The standard InChI is InChI=1S/C46H29N3OSi/c1-4-16-30(17-5-1)44-47-45(49-37-25-13-10-23-35(37)41-38(49)29-28-34-33-22-11-14-26-39(33)50-43(34)41)42-36-24-12-15-27-40(36)51(46(42)48-44,31-18-6-2-7-19-31)32-20-8-3-9-21-32/h1-29H. The Bertz CT molecular complexity index is 2930. The van der Waals surface area contributed by atoms with Crippen molar-refractivity contribution in [3.05, 3.63) is 176 Å². The topological polar surface area (TPSA) is 43.9 Å². The number of benzene rings is 7. The van der Waals surface area contributed by atoms with Crippen LogP contribution in [0.1, 0.15) is 0 Å². The third-order valence-electron chi connectivity index (χ3n) is 10.7. The number of hydrogen-bond donors (Lipinski definition) is 0. The summed E-state index contributed by atoms with van der Waals surface area (Å²) in [6.07, 6.45) is 0. The van der Waals surface area contributed by atoms with Gasteiger partial charge in [0.25, 0.3) is 0 Å². The highest BCUT2D eigenvalue weighted by Gasteiger charge is 2.52. The predicted molar refractivity (Wildman–Crippen MR) is 212 cm³/mol. The minimum Gasteiger partial charge on any atom is -0.455 e. The first-order valence-electron chi connectivity index (χ1n) is 17.3. The van der Waals surface area contributed by atoms with E-state index in [1.165, 1.54) is 21.1 Å². The first-order valence-corrected chi connectivity index (χ1v) is 19.3. The molecule has 1 aliphatic rings. The molecule has 0 unspecified atom stereocenters. The van der Waals surface area contributed by atoms with Crippen molar-refractivity contribution in [2.24, 2.45) is 0 Å². The van der Waals surface area contributed by atoms with Crippen LogP contribution in [0.3, 0.4) is 0 Å². The molecule has 0 atom stereocenters. The van der Waals surface area contributed by atoms with Crippen LogP contribution in [0.15, 0.2) is 180 Å². The van der Waals surface area contributed by atoms with Gasteiger partial charge in [0.15, 0.2) is 5.82 Å². The van der Waals surface area contributed by atoms with Crippen LogP contribution in [0, 0.1) is 0 Å². The number of rotatable bonds is 4. The fourth-order valence-electron chi connectivity index (χ4n) is 8.59. The maximum absolute atomic E-state index is 6.67. The van der Waals surface area contributed by atoms with Crippen molar-refractivity contribution < 1.29 is 4.42 Å². The molecule has 0 bridgehead atoms. The van der Waals surface area contributed by atoms with Crippen LogP contribution >= 0.6 is 0 Å². The molecule has 238 valence electrons. The van der Waals surface area contributed by atoms with Crippen molar-refractivity contribution in [3.63, 3.8) is 0 Å². The van der Waals surface area contributed by atoms with Gasteiger partial charge in [0.1, 0.15) is 17.0 Å². The summed E-state index contributed by atoms with van der Waals surface area (Å²) < 4.78 is 9.04. The third-order valence-corrected chi connectivity index (χ3v) is 15.4. The molecule has 0 aliphatic carbocycles. The smallest absolute Gasteiger partial charge is 0.203 e. The quantitative estimate of drug-likeness (QED) is 0.177. The fourth-order valence-corrected chi connectivity index (χ4v) is 13.6. The highest BCUT2D eigenvalue weighted by Crippen LogP contribution is 2.42. The van der Waals surface area contributed by atoms with Crippen molar-refractivity contribution >= 4 is 72.7 Å². The molecule has 4 heterocycles. The largest absolute Gasteiger partial charge is 0.455 e. The molecule has 0 radical (unpaired) electrons. The second-order valence-electron chi connectivity index (χ2n) is 13.3. The van der Waals surface area contributed by atoms with E-state index in [1.807, 2.05) is 12.1 Å². The van der Waals surface area contributed by atoms with E-state index >= 15 is 0 Å². The van der Waals surface area contributed by atoms with Gasteiger partial charge < -0.3 is 4.42 Å². The van der Waals surface area contributed by atoms with Crippen molar-refractivity contribution in [2.45, 2.75) is 0 Å². The lowest BCUT2D eigenvalue weighted by Gasteiger charge is -2.30. The van der Waals surface area contributed by atoms with Crippen molar-refractivity contribution in [1.29, 1.82) is 0 Å². The van der Waals surface area contributed by atoms with E-state index < -0.39 is 8.07 Å². The maximum atomic E-state index is 6.67. The molecule has 5 heteroatoms. The van der Waals surface area contributed by atoms with E-state index in [2.05, 4.69) is 168 Å². The number of nitrogens with zero attached hydrogens (tertiary/aromatic N) is 3. The van der Waals surface area contributed by atoms with Gasteiger partial charge in [-0.25, -0.2) is 9.97 Å². The maximum Gasteiger partial charge on any atom is 0.203 e. The first-order chi connectivity index (χ1) is 25.3. The molecule has 3 aromatic heterocycles. The minimum absolute atomic E-state index is 0.719. The zero-order chi connectivity index (χ0) is 33.5. The summed E-state index contributed by atoms with van der Waals surface area (Å²) in [5.74, 6) is 1.60. The van der Waals surface area contributed by atoms with Gasteiger partial charge in [-0.15, -0.1) is 0 Å².